The average molecular weight is 576 g/mol. The first-order chi connectivity index (χ1) is 22.3. The molecule has 2 aromatic heterocycles. The Kier molecular flexibility index (Phi) is 5.78. The van der Waals surface area contributed by atoms with E-state index in [0.717, 1.165) is 66.3 Å². The number of benzene rings is 7. The summed E-state index contributed by atoms with van der Waals surface area (Å²) >= 11 is 0. The van der Waals surface area contributed by atoms with E-state index in [1.54, 1.807) is 0 Å². The summed E-state index contributed by atoms with van der Waals surface area (Å²) < 4.78 is 5.96. The van der Waals surface area contributed by atoms with Gasteiger partial charge >= 0.3 is 0 Å². The van der Waals surface area contributed by atoms with E-state index in [-0.39, 0.29) is 0 Å². The van der Waals surface area contributed by atoms with Crippen LogP contribution in [-0.4, -0.2) is 15.0 Å². The number of hydrogen-bond acceptors (Lipinski definition) is 4. The van der Waals surface area contributed by atoms with Crippen molar-refractivity contribution in [1.82, 2.24) is 15.0 Å². The molecule has 4 heteroatoms. The Morgan fingerprint density at radius 3 is 1.64 bits per heavy atom. The van der Waals surface area contributed by atoms with Gasteiger partial charge in [-0.1, -0.05) is 127 Å². The van der Waals surface area contributed by atoms with E-state index in [1.807, 2.05) is 30.3 Å². The number of fused-ring (bicyclic) bond motifs is 7. The van der Waals surface area contributed by atoms with Crippen LogP contribution in [0.3, 0.4) is 0 Å². The fraction of sp³-hybridized carbons (Fsp3) is 0. The van der Waals surface area contributed by atoms with Crippen molar-refractivity contribution in [2.24, 2.45) is 0 Å². The average Bonchev–Trinajstić information content (AvgIpc) is 3.56. The standard InChI is InChI=1S/C41H25N3O/c1-2-10-28(11-3-1)38-37-33-14-6-4-12-31(33)32-13-5-7-15-34(32)39(37)44-40(43-38)29-22-18-26(19-23-29)27-20-24-30(25-21-27)41-42-35-16-8-9-17-36(35)45-41/h1-25H. The lowest BCUT2D eigenvalue weighted by molar-refractivity contribution is 0.620. The molecule has 4 nitrogen and oxygen atoms in total. The van der Waals surface area contributed by atoms with Crippen molar-refractivity contribution in [3.63, 3.8) is 0 Å². The Bertz CT molecular complexity index is 2480. The second-order valence-corrected chi connectivity index (χ2v) is 11.2. The number of para-hydroxylation sites is 2. The minimum atomic E-state index is 0.626. The topological polar surface area (TPSA) is 51.8 Å². The van der Waals surface area contributed by atoms with Crippen LogP contribution in [-0.2, 0) is 0 Å². The van der Waals surface area contributed by atoms with Crippen molar-refractivity contribution in [2.45, 2.75) is 0 Å². The van der Waals surface area contributed by atoms with Gasteiger partial charge in [0.1, 0.15) is 5.52 Å². The molecule has 0 radical (unpaired) electrons. The lowest BCUT2D eigenvalue weighted by Gasteiger charge is -2.15. The van der Waals surface area contributed by atoms with Crippen molar-refractivity contribution < 1.29 is 4.42 Å². The molecular formula is C41H25N3O. The number of nitrogens with zero attached hydrogens (tertiary/aromatic N) is 3. The van der Waals surface area contributed by atoms with Gasteiger partial charge in [0.15, 0.2) is 11.4 Å². The van der Waals surface area contributed by atoms with E-state index < -0.39 is 0 Å². The van der Waals surface area contributed by atoms with E-state index in [0.29, 0.717) is 11.7 Å². The molecule has 7 aromatic carbocycles. The van der Waals surface area contributed by atoms with Crippen LogP contribution in [0.1, 0.15) is 0 Å². The third kappa shape index (κ3) is 4.27. The van der Waals surface area contributed by atoms with Crippen LogP contribution in [0.2, 0.25) is 0 Å². The monoisotopic (exact) mass is 575 g/mol. The normalized spacial score (nSPS) is 11.6. The lowest BCUT2D eigenvalue weighted by atomic mass is 9.94. The minimum Gasteiger partial charge on any atom is -0.436 e. The predicted molar refractivity (Wildman–Crippen MR) is 184 cm³/mol. The fourth-order valence-corrected chi connectivity index (χ4v) is 6.32. The third-order valence-electron chi connectivity index (χ3n) is 8.53. The molecule has 45 heavy (non-hydrogen) atoms. The van der Waals surface area contributed by atoms with Gasteiger partial charge in [0.2, 0.25) is 5.89 Å². The zero-order valence-electron chi connectivity index (χ0n) is 24.2. The molecule has 0 N–H and O–H groups in total. The summed E-state index contributed by atoms with van der Waals surface area (Å²) in [7, 11) is 0. The van der Waals surface area contributed by atoms with Gasteiger partial charge in [-0.25, -0.2) is 15.0 Å². The van der Waals surface area contributed by atoms with Crippen molar-refractivity contribution in [3.05, 3.63) is 152 Å². The molecule has 0 bridgehead atoms. The van der Waals surface area contributed by atoms with Crippen molar-refractivity contribution in [1.29, 1.82) is 0 Å². The van der Waals surface area contributed by atoms with Gasteiger partial charge in [-0.15, -0.1) is 0 Å². The summed E-state index contributed by atoms with van der Waals surface area (Å²) in [6.45, 7) is 0. The van der Waals surface area contributed by atoms with Gasteiger partial charge in [-0.3, -0.25) is 0 Å². The first-order valence-corrected chi connectivity index (χ1v) is 15.0. The van der Waals surface area contributed by atoms with E-state index >= 15 is 0 Å². The number of oxazole rings is 1. The Hall–Kier alpha value is -6.13. The van der Waals surface area contributed by atoms with Gasteiger partial charge in [-0.2, -0.15) is 0 Å². The summed E-state index contributed by atoms with van der Waals surface area (Å²) in [4.78, 5) is 15.1. The van der Waals surface area contributed by atoms with E-state index in [2.05, 4.69) is 126 Å². The summed E-state index contributed by atoms with van der Waals surface area (Å²) in [5.74, 6) is 1.33. The number of rotatable bonds is 4. The van der Waals surface area contributed by atoms with Crippen LogP contribution in [0.5, 0.6) is 0 Å². The molecule has 0 unspecified atom stereocenters. The predicted octanol–water partition coefficient (Wildman–Crippen LogP) is 10.7. The van der Waals surface area contributed by atoms with Crippen molar-refractivity contribution >= 4 is 43.5 Å². The van der Waals surface area contributed by atoms with Crippen molar-refractivity contribution in [2.75, 3.05) is 0 Å². The SMILES string of the molecule is c1ccc(-c2nc(-c3ccc(-c4ccc(-c5nc6ccccc6o5)cc4)cc3)nc3c4ccccc4c4ccccc4c23)cc1. The highest BCUT2D eigenvalue weighted by molar-refractivity contribution is 6.27. The smallest absolute Gasteiger partial charge is 0.227 e. The van der Waals surface area contributed by atoms with Crippen LogP contribution < -0.4 is 0 Å². The summed E-state index contributed by atoms with van der Waals surface area (Å²) in [5.41, 5.74) is 8.78. The molecular weight excluding hydrogens is 550 g/mol. The van der Waals surface area contributed by atoms with Gasteiger partial charge in [0.05, 0.1) is 11.2 Å². The largest absolute Gasteiger partial charge is 0.436 e. The molecule has 0 aliphatic heterocycles. The van der Waals surface area contributed by atoms with Gasteiger partial charge in [-0.05, 0) is 51.6 Å². The van der Waals surface area contributed by atoms with Crippen LogP contribution in [0.4, 0.5) is 0 Å². The fourth-order valence-electron chi connectivity index (χ4n) is 6.32. The Morgan fingerprint density at radius 1 is 0.378 bits per heavy atom. The van der Waals surface area contributed by atoms with E-state index in [9.17, 15) is 0 Å². The zero-order chi connectivity index (χ0) is 29.7. The molecule has 9 rings (SSSR count). The van der Waals surface area contributed by atoms with Crippen LogP contribution >= 0.6 is 0 Å². The molecule has 0 fully saturated rings. The lowest BCUT2D eigenvalue weighted by Crippen LogP contribution is -1.97. The molecule has 0 spiro atoms. The van der Waals surface area contributed by atoms with E-state index in [1.165, 1.54) is 10.8 Å². The second-order valence-electron chi connectivity index (χ2n) is 11.2. The second kappa shape index (κ2) is 10.2. The summed E-state index contributed by atoms with van der Waals surface area (Å²) in [6.07, 6.45) is 0. The summed E-state index contributed by atoms with van der Waals surface area (Å²) in [5, 5.41) is 5.77. The maximum Gasteiger partial charge on any atom is 0.227 e. The molecule has 0 saturated carbocycles. The molecule has 0 saturated heterocycles. The molecule has 0 aliphatic rings. The molecule has 9 aromatic rings. The van der Waals surface area contributed by atoms with E-state index in [4.69, 9.17) is 14.4 Å². The van der Waals surface area contributed by atoms with Crippen molar-refractivity contribution in [3.8, 4) is 45.2 Å². The van der Waals surface area contributed by atoms with Crippen LogP contribution in [0.25, 0.3) is 88.8 Å². The third-order valence-corrected chi connectivity index (χ3v) is 8.53. The van der Waals surface area contributed by atoms with Gasteiger partial charge < -0.3 is 4.42 Å². The molecule has 2 heterocycles. The van der Waals surface area contributed by atoms with Crippen LogP contribution in [0, 0.1) is 0 Å². The summed E-state index contributed by atoms with van der Waals surface area (Å²) in [6, 6.07) is 52.2. The Labute approximate surface area is 259 Å². The maximum absolute atomic E-state index is 5.96. The minimum absolute atomic E-state index is 0.626. The first-order valence-electron chi connectivity index (χ1n) is 15.0. The first kappa shape index (κ1) is 25.4. The van der Waals surface area contributed by atoms with Crippen LogP contribution in [0.15, 0.2) is 156 Å². The van der Waals surface area contributed by atoms with Gasteiger partial charge in [0, 0.05) is 27.5 Å². The molecule has 210 valence electrons. The highest BCUT2D eigenvalue weighted by Gasteiger charge is 2.18. The zero-order valence-corrected chi connectivity index (χ0v) is 24.2. The number of hydrogen-bond donors (Lipinski definition) is 0. The van der Waals surface area contributed by atoms with Gasteiger partial charge in [0.25, 0.3) is 0 Å². The highest BCUT2D eigenvalue weighted by Crippen LogP contribution is 2.40. The quantitative estimate of drug-likeness (QED) is 0.196. The molecule has 0 amide bonds. The molecule has 0 aliphatic carbocycles. The number of aromatic nitrogens is 3. The Morgan fingerprint density at radius 2 is 0.933 bits per heavy atom. The maximum atomic E-state index is 5.96. The molecule has 0 atom stereocenters. The Balaban J connectivity index is 1.16. The highest BCUT2D eigenvalue weighted by atomic mass is 16.3.